The molecule has 0 bridgehead atoms. The molecule has 0 saturated carbocycles. The number of methoxy groups -OCH3 is 1. The van der Waals surface area contributed by atoms with Crippen LogP contribution in [0.3, 0.4) is 0 Å². The molecule has 1 spiro atoms. The van der Waals surface area contributed by atoms with Gasteiger partial charge >= 0.3 is 0 Å². The van der Waals surface area contributed by atoms with Crippen molar-refractivity contribution in [3.8, 4) is 5.75 Å². The molecule has 2 aliphatic heterocycles. The molecule has 0 amide bonds. The van der Waals surface area contributed by atoms with Crippen LogP contribution in [0.1, 0.15) is 23.6 Å². The molecule has 2 saturated heterocycles. The number of aromatic nitrogens is 2. The normalized spacial score (nSPS) is 30.2. The number of H-pyrrole nitrogens is 1. The Morgan fingerprint density at radius 2 is 2.38 bits per heavy atom. The van der Waals surface area contributed by atoms with E-state index in [-0.39, 0.29) is 0 Å². The third kappa shape index (κ3) is 2.81. The summed E-state index contributed by atoms with van der Waals surface area (Å²) in [5, 5.41) is 17.6. The van der Waals surface area contributed by atoms with E-state index in [0.717, 1.165) is 31.0 Å². The summed E-state index contributed by atoms with van der Waals surface area (Å²) in [6, 6.07) is 10.1. The number of aliphatic hydroxyl groups is 1. The number of hydrogen-bond donors (Lipinski definition) is 2. The molecule has 3 heterocycles. The summed E-state index contributed by atoms with van der Waals surface area (Å²) in [5.74, 6) is 1.16. The summed E-state index contributed by atoms with van der Waals surface area (Å²) in [5.41, 5.74) is 1.81. The third-order valence-electron chi connectivity index (χ3n) is 5.21. The molecule has 128 valence electrons. The Kier molecular flexibility index (Phi) is 4.04. The Morgan fingerprint density at radius 1 is 1.46 bits per heavy atom. The first kappa shape index (κ1) is 15.6. The van der Waals surface area contributed by atoms with Gasteiger partial charge in [-0.2, -0.15) is 5.10 Å². The van der Waals surface area contributed by atoms with Crippen LogP contribution >= 0.6 is 0 Å². The minimum Gasteiger partial charge on any atom is -0.497 e. The number of ether oxygens (including phenoxy) is 2. The standard InChI is InChI=1S/C18H23N3O3/c1-23-16-4-2-3-13(7-16)14-8-18(24-11-14)12-21(10-17(18)22)9-15-5-6-19-20-15/h2-7,14,17,22H,8-12H2,1H3,(H,19,20)/t14-,17-,18-/m1/s1. The van der Waals surface area contributed by atoms with Gasteiger partial charge in [0.1, 0.15) is 11.4 Å². The summed E-state index contributed by atoms with van der Waals surface area (Å²) in [6.07, 6.45) is 2.12. The average Bonchev–Trinajstić information content (AvgIpc) is 3.31. The predicted octanol–water partition coefficient (Wildman–Crippen LogP) is 1.54. The summed E-state index contributed by atoms with van der Waals surface area (Å²) < 4.78 is 11.5. The highest BCUT2D eigenvalue weighted by Crippen LogP contribution is 2.43. The largest absolute Gasteiger partial charge is 0.497 e. The molecule has 2 N–H and O–H groups in total. The van der Waals surface area contributed by atoms with Crippen molar-refractivity contribution in [2.45, 2.75) is 30.6 Å². The minimum atomic E-state index is -0.465. The molecule has 6 heteroatoms. The maximum absolute atomic E-state index is 10.6. The first-order valence-electron chi connectivity index (χ1n) is 8.35. The molecular formula is C18H23N3O3. The molecule has 3 atom stereocenters. The zero-order valence-corrected chi connectivity index (χ0v) is 13.8. The van der Waals surface area contributed by atoms with E-state index in [1.807, 2.05) is 18.2 Å². The molecule has 1 aromatic heterocycles. The fraction of sp³-hybridized carbons (Fsp3) is 0.500. The molecule has 0 radical (unpaired) electrons. The zero-order valence-electron chi connectivity index (χ0n) is 13.8. The molecule has 6 nitrogen and oxygen atoms in total. The topological polar surface area (TPSA) is 70.6 Å². The summed E-state index contributed by atoms with van der Waals surface area (Å²) in [4.78, 5) is 2.23. The van der Waals surface area contributed by atoms with Gasteiger partial charge in [-0.3, -0.25) is 10.00 Å². The summed E-state index contributed by atoms with van der Waals surface area (Å²) in [6.45, 7) is 2.77. The molecule has 1 aromatic carbocycles. The van der Waals surface area contributed by atoms with Crippen LogP contribution < -0.4 is 4.74 Å². The van der Waals surface area contributed by atoms with E-state index < -0.39 is 11.7 Å². The van der Waals surface area contributed by atoms with Crippen molar-refractivity contribution in [1.82, 2.24) is 15.1 Å². The fourth-order valence-electron chi connectivity index (χ4n) is 3.95. The quantitative estimate of drug-likeness (QED) is 0.890. The monoisotopic (exact) mass is 329 g/mol. The van der Waals surface area contributed by atoms with Crippen molar-refractivity contribution in [1.29, 1.82) is 0 Å². The molecule has 0 unspecified atom stereocenters. The van der Waals surface area contributed by atoms with Crippen molar-refractivity contribution >= 4 is 0 Å². The molecular weight excluding hydrogens is 306 g/mol. The van der Waals surface area contributed by atoms with E-state index in [1.165, 1.54) is 5.56 Å². The molecule has 2 aromatic rings. The summed E-state index contributed by atoms with van der Waals surface area (Å²) in [7, 11) is 1.68. The van der Waals surface area contributed by atoms with E-state index in [4.69, 9.17) is 9.47 Å². The van der Waals surface area contributed by atoms with Gasteiger partial charge in [0.2, 0.25) is 0 Å². The second-order valence-corrected chi connectivity index (χ2v) is 6.82. The number of benzene rings is 1. The Balaban J connectivity index is 1.46. The first-order valence-corrected chi connectivity index (χ1v) is 8.35. The predicted molar refractivity (Wildman–Crippen MR) is 88.9 cm³/mol. The lowest BCUT2D eigenvalue weighted by Crippen LogP contribution is -2.41. The van der Waals surface area contributed by atoms with Crippen LogP contribution in [-0.2, 0) is 11.3 Å². The van der Waals surface area contributed by atoms with Crippen molar-refractivity contribution < 1.29 is 14.6 Å². The van der Waals surface area contributed by atoms with Gasteiger partial charge in [0, 0.05) is 37.4 Å². The van der Waals surface area contributed by atoms with E-state index in [0.29, 0.717) is 19.1 Å². The zero-order chi connectivity index (χ0) is 16.6. The molecule has 2 fully saturated rings. The first-order chi connectivity index (χ1) is 11.7. The number of hydrogen-bond acceptors (Lipinski definition) is 5. The van der Waals surface area contributed by atoms with Gasteiger partial charge in [-0.1, -0.05) is 12.1 Å². The van der Waals surface area contributed by atoms with Gasteiger partial charge in [-0.05, 0) is 30.2 Å². The van der Waals surface area contributed by atoms with Gasteiger partial charge in [0.25, 0.3) is 0 Å². The van der Waals surface area contributed by atoms with Crippen LogP contribution in [0.4, 0.5) is 0 Å². The smallest absolute Gasteiger partial charge is 0.119 e. The van der Waals surface area contributed by atoms with Crippen molar-refractivity contribution in [3.05, 3.63) is 47.8 Å². The average molecular weight is 329 g/mol. The lowest BCUT2D eigenvalue weighted by atomic mass is 9.87. The Bertz CT molecular complexity index is 691. The van der Waals surface area contributed by atoms with E-state index in [2.05, 4.69) is 27.2 Å². The van der Waals surface area contributed by atoms with Gasteiger partial charge < -0.3 is 14.6 Å². The highest BCUT2D eigenvalue weighted by Gasteiger charge is 2.52. The molecule has 4 rings (SSSR count). The Morgan fingerprint density at radius 3 is 3.17 bits per heavy atom. The molecule has 24 heavy (non-hydrogen) atoms. The van der Waals surface area contributed by atoms with Crippen LogP contribution in [0.5, 0.6) is 5.75 Å². The second-order valence-electron chi connectivity index (χ2n) is 6.82. The molecule has 0 aliphatic carbocycles. The lowest BCUT2D eigenvalue weighted by Gasteiger charge is -2.26. The number of aliphatic hydroxyl groups excluding tert-OH is 1. The highest BCUT2D eigenvalue weighted by atomic mass is 16.5. The van der Waals surface area contributed by atoms with E-state index in [1.54, 1.807) is 13.3 Å². The molecule has 2 aliphatic rings. The van der Waals surface area contributed by atoms with Gasteiger partial charge in [0.05, 0.1) is 19.8 Å². The van der Waals surface area contributed by atoms with Crippen LogP contribution in [0, 0.1) is 0 Å². The number of rotatable bonds is 4. The van der Waals surface area contributed by atoms with E-state index >= 15 is 0 Å². The van der Waals surface area contributed by atoms with Gasteiger partial charge in [0.15, 0.2) is 0 Å². The SMILES string of the molecule is COc1cccc([C@H]2CO[C@]3(C2)CN(Cc2ccn[nH]2)C[C@H]3O)c1. The van der Waals surface area contributed by atoms with Crippen molar-refractivity contribution in [2.24, 2.45) is 0 Å². The number of aromatic amines is 1. The fourth-order valence-corrected chi connectivity index (χ4v) is 3.95. The maximum Gasteiger partial charge on any atom is 0.119 e. The van der Waals surface area contributed by atoms with Crippen molar-refractivity contribution in [3.63, 3.8) is 0 Å². The van der Waals surface area contributed by atoms with Crippen molar-refractivity contribution in [2.75, 3.05) is 26.8 Å². The van der Waals surface area contributed by atoms with E-state index in [9.17, 15) is 5.11 Å². The highest BCUT2D eigenvalue weighted by molar-refractivity contribution is 5.32. The Hall–Kier alpha value is -1.89. The third-order valence-corrected chi connectivity index (χ3v) is 5.21. The number of likely N-dealkylation sites (tertiary alicyclic amines) is 1. The number of nitrogens with zero attached hydrogens (tertiary/aromatic N) is 2. The van der Waals surface area contributed by atoms with Crippen LogP contribution in [0.15, 0.2) is 36.5 Å². The van der Waals surface area contributed by atoms with Crippen LogP contribution in [0.2, 0.25) is 0 Å². The lowest BCUT2D eigenvalue weighted by molar-refractivity contribution is -0.0594. The summed E-state index contributed by atoms with van der Waals surface area (Å²) >= 11 is 0. The maximum atomic E-state index is 10.6. The number of β-amino-alcohol motifs (C(OH)–C–C–N with tert-alkyl or cyclic N) is 1. The van der Waals surface area contributed by atoms with Crippen LogP contribution in [0.25, 0.3) is 0 Å². The van der Waals surface area contributed by atoms with Gasteiger partial charge in [-0.15, -0.1) is 0 Å². The van der Waals surface area contributed by atoms with Crippen LogP contribution in [-0.4, -0.2) is 58.7 Å². The minimum absolute atomic E-state index is 0.293. The number of nitrogens with one attached hydrogen (secondary N) is 1. The second kappa shape index (κ2) is 6.20. The Labute approximate surface area is 141 Å². The van der Waals surface area contributed by atoms with Gasteiger partial charge in [-0.25, -0.2) is 0 Å².